The first-order valence-corrected chi connectivity index (χ1v) is 23.3. The van der Waals surface area contributed by atoms with E-state index >= 15 is 0 Å². The molecule has 0 radical (unpaired) electrons. The van der Waals surface area contributed by atoms with E-state index in [4.69, 9.17) is 0 Å². The molecule has 58 heavy (non-hydrogen) atoms. The van der Waals surface area contributed by atoms with Gasteiger partial charge in [-0.05, 0) is 96.8 Å². The molecule has 0 spiro atoms. The van der Waals surface area contributed by atoms with Gasteiger partial charge >= 0.3 is 0 Å². The smallest absolute Gasteiger partial charge is 0.193 e. The number of halogens is 2. The molecule has 0 atom stereocenters. The Morgan fingerprint density at radius 1 is 0.345 bits per heavy atom. The number of rotatable bonds is 12. The van der Waals surface area contributed by atoms with Crippen molar-refractivity contribution >= 4 is 52.1 Å². The molecule has 0 amide bonds. The third kappa shape index (κ3) is 8.52. The zero-order valence-electron chi connectivity index (χ0n) is 32.8. The molecule has 0 unspecified atom stereocenters. The van der Waals surface area contributed by atoms with Crippen LogP contribution >= 0.6 is 14.5 Å². The van der Waals surface area contributed by atoms with Crippen molar-refractivity contribution in [1.82, 2.24) is 0 Å². The normalized spacial score (nSPS) is 11.2. The fourth-order valence-electron chi connectivity index (χ4n) is 8.34. The third-order valence-corrected chi connectivity index (χ3v) is 20.2. The van der Waals surface area contributed by atoms with E-state index < -0.39 is 14.5 Å². The fraction of sp³-hybridized carbons (Fsp3) is 0.0755. The topological polar surface area (TPSA) is 17.1 Å². The maximum absolute atomic E-state index is 14.1. The van der Waals surface area contributed by atoms with E-state index in [1.807, 2.05) is 24.3 Å². The van der Waals surface area contributed by atoms with Crippen LogP contribution in [0.4, 0.5) is 0 Å². The molecule has 1 nitrogen and oxygen atoms in total. The summed E-state index contributed by atoms with van der Waals surface area (Å²) in [7, 11) is -4.17. The highest BCUT2D eigenvalue weighted by Gasteiger charge is 2.47. The molecule has 288 valence electrons. The van der Waals surface area contributed by atoms with Gasteiger partial charge in [-0.15, -0.1) is 0 Å². The first-order chi connectivity index (χ1) is 27.5. The quantitative estimate of drug-likeness (QED) is 0.130. The minimum absolute atomic E-state index is 0. The standard InChI is InChI=1S/C53H46OP2.2BrH/c1-41-19-15-17-29-51(41)55(47-21-7-3-8-22-47,48-23-9-4-10-24-48)39-43-31-35-45(36-32-43)53(54)46-37-33-44(34-38-46)40-56(49-25-11-5-12-26-49,50-27-13-6-14-28-50)52-30-18-16-20-42(52)2;;/h3-38H,39-40H2,1-2H3;2*1H/q+2;;/p-2. The summed E-state index contributed by atoms with van der Waals surface area (Å²) in [5.74, 6) is 0.0419. The van der Waals surface area contributed by atoms with E-state index in [1.165, 1.54) is 54.1 Å². The Morgan fingerprint density at radius 3 is 0.879 bits per heavy atom. The van der Waals surface area contributed by atoms with Gasteiger partial charge in [-0.1, -0.05) is 158 Å². The average Bonchev–Trinajstić information content (AvgIpc) is 3.27. The second kappa shape index (κ2) is 19.3. The van der Waals surface area contributed by atoms with Gasteiger partial charge in [0.1, 0.15) is 46.4 Å². The fourth-order valence-corrected chi connectivity index (χ4v) is 17.4. The molecule has 0 aliphatic carbocycles. The molecule has 8 aromatic carbocycles. The summed E-state index contributed by atoms with van der Waals surface area (Å²) in [4.78, 5) is 14.1. The van der Waals surface area contributed by atoms with Crippen molar-refractivity contribution in [2.45, 2.75) is 26.2 Å². The SMILES string of the molecule is Cc1ccccc1[P+](Cc1ccc(C(=O)c2ccc(C[P+](c3ccccc3)(c3ccccc3)c3ccccc3C)cc2)cc1)(c1ccccc1)c1ccccc1.[Br-].[Br-]. The predicted octanol–water partition coefficient (Wildman–Crippen LogP) is 4.53. The van der Waals surface area contributed by atoms with Gasteiger partial charge in [0, 0.05) is 11.1 Å². The minimum Gasteiger partial charge on any atom is -1.00 e. The largest absolute Gasteiger partial charge is 1.00 e. The van der Waals surface area contributed by atoms with Crippen molar-refractivity contribution in [3.8, 4) is 0 Å². The van der Waals surface area contributed by atoms with Crippen LogP contribution in [0.25, 0.3) is 0 Å². The van der Waals surface area contributed by atoms with E-state index in [-0.39, 0.29) is 39.7 Å². The van der Waals surface area contributed by atoms with Crippen LogP contribution in [-0.2, 0) is 12.3 Å². The summed E-state index contributed by atoms with van der Waals surface area (Å²) >= 11 is 0. The molecule has 5 heteroatoms. The lowest BCUT2D eigenvalue weighted by Crippen LogP contribution is -3.00. The number of carbonyl (C=O) groups excluding carboxylic acids is 1. The minimum atomic E-state index is -2.09. The summed E-state index contributed by atoms with van der Waals surface area (Å²) in [6.07, 6.45) is 1.73. The molecular formula is C53H46Br2OP2. The summed E-state index contributed by atoms with van der Waals surface area (Å²) in [5, 5.41) is 8.21. The van der Waals surface area contributed by atoms with Gasteiger partial charge in [0.2, 0.25) is 0 Å². The van der Waals surface area contributed by atoms with Crippen LogP contribution in [0.3, 0.4) is 0 Å². The summed E-state index contributed by atoms with van der Waals surface area (Å²) in [5.41, 5.74) is 6.45. The third-order valence-electron chi connectivity index (χ3n) is 11.1. The Bertz CT molecular complexity index is 2280. The van der Waals surface area contributed by atoms with Crippen LogP contribution in [-0.4, -0.2) is 5.78 Å². The van der Waals surface area contributed by atoms with E-state index in [2.05, 4.69) is 208 Å². The molecule has 0 aliphatic rings. The zero-order valence-corrected chi connectivity index (χ0v) is 37.7. The maximum Gasteiger partial charge on any atom is 0.193 e. The molecular weight excluding hydrogens is 874 g/mol. The van der Waals surface area contributed by atoms with E-state index in [9.17, 15) is 4.79 Å². The lowest BCUT2D eigenvalue weighted by molar-refractivity contribution is -0.00100. The van der Waals surface area contributed by atoms with Crippen LogP contribution in [0.1, 0.15) is 38.2 Å². The number of benzene rings is 8. The Kier molecular flexibility index (Phi) is 14.3. The van der Waals surface area contributed by atoms with Gasteiger partial charge < -0.3 is 34.0 Å². The van der Waals surface area contributed by atoms with Crippen LogP contribution in [0.15, 0.2) is 218 Å². The Balaban J connectivity index is 0.00000283. The number of ketones is 1. The predicted molar refractivity (Wildman–Crippen MR) is 243 cm³/mol. The second-order valence-electron chi connectivity index (χ2n) is 14.6. The van der Waals surface area contributed by atoms with Crippen molar-refractivity contribution in [3.63, 3.8) is 0 Å². The summed E-state index contributed by atoms with van der Waals surface area (Å²) in [6, 6.07) is 78.5. The first kappa shape index (κ1) is 42.8. The molecule has 0 N–H and O–H groups in total. The molecule has 8 aromatic rings. The Labute approximate surface area is 366 Å². The average molecular weight is 921 g/mol. The summed E-state index contributed by atoms with van der Waals surface area (Å²) < 4.78 is 0. The molecule has 0 saturated carbocycles. The van der Waals surface area contributed by atoms with Gasteiger partial charge in [0.15, 0.2) is 5.78 Å². The maximum atomic E-state index is 14.1. The van der Waals surface area contributed by atoms with Gasteiger partial charge in [-0.25, -0.2) is 0 Å². The number of hydrogen-bond donors (Lipinski definition) is 0. The molecule has 0 aromatic heterocycles. The molecule has 8 rings (SSSR count). The van der Waals surface area contributed by atoms with Crippen LogP contribution < -0.4 is 65.8 Å². The molecule has 0 saturated heterocycles. The number of hydrogen-bond acceptors (Lipinski definition) is 1. The van der Waals surface area contributed by atoms with Crippen molar-refractivity contribution in [2.75, 3.05) is 0 Å². The molecule has 0 aliphatic heterocycles. The lowest BCUT2D eigenvalue weighted by Gasteiger charge is -2.29. The summed E-state index contributed by atoms with van der Waals surface area (Å²) in [6.45, 7) is 4.47. The second-order valence-corrected chi connectivity index (χ2v) is 21.5. The van der Waals surface area contributed by atoms with Crippen molar-refractivity contribution in [2.24, 2.45) is 0 Å². The molecule has 0 fully saturated rings. The van der Waals surface area contributed by atoms with Crippen molar-refractivity contribution in [1.29, 1.82) is 0 Å². The highest BCUT2D eigenvalue weighted by Crippen LogP contribution is 2.60. The van der Waals surface area contributed by atoms with E-state index in [1.54, 1.807) is 0 Å². The number of carbonyl (C=O) groups is 1. The van der Waals surface area contributed by atoms with Gasteiger partial charge in [-0.3, -0.25) is 4.79 Å². The highest BCUT2D eigenvalue weighted by atomic mass is 79.9. The van der Waals surface area contributed by atoms with E-state index in [0.717, 1.165) is 12.3 Å². The van der Waals surface area contributed by atoms with Crippen LogP contribution in [0.2, 0.25) is 0 Å². The van der Waals surface area contributed by atoms with Crippen molar-refractivity contribution in [3.05, 3.63) is 252 Å². The van der Waals surface area contributed by atoms with Crippen molar-refractivity contribution < 1.29 is 38.8 Å². The van der Waals surface area contributed by atoms with E-state index in [0.29, 0.717) is 11.1 Å². The molecule has 0 heterocycles. The van der Waals surface area contributed by atoms with Gasteiger partial charge in [0.05, 0.1) is 12.3 Å². The first-order valence-electron chi connectivity index (χ1n) is 19.3. The Morgan fingerprint density at radius 2 is 0.603 bits per heavy atom. The monoisotopic (exact) mass is 918 g/mol. The van der Waals surface area contributed by atoms with Gasteiger partial charge in [-0.2, -0.15) is 0 Å². The molecule has 0 bridgehead atoms. The van der Waals surface area contributed by atoms with Gasteiger partial charge in [0.25, 0.3) is 0 Å². The van der Waals surface area contributed by atoms with Crippen LogP contribution in [0.5, 0.6) is 0 Å². The lowest BCUT2D eigenvalue weighted by atomic mass is 10.0. The number of aryl methyl sites for hydroxylation is 2. The highest BCUT2D eigenvalue weighted by molar-refractivity contribution is 7.95. The Hall–Kier alpha value is -4.75. The zero-order chi connectivity index (χ0) is 38.4. The van der Waals surface area contributed by atoms with Crippen LogP contribution in [0, 0.1) is 13.8 Å².